The second kappa shape index (κ2) is 8.29. The molecule has 0 unspecified atom stereocenters. The summed E-state index contributed by atoms with van der Waals surface area (Å²) in [7, 11) is 2.88. The van der Waals surface area contributed by atoms with Crippen LogP contribution in [0.1, 0.15) is 15.9 Å². The largest absolute Gasteiger partial charge is 0.490 e. The molecule has 5 heteroatoms. The van der Waals surface area contributed by atoms with E-state index in [2.05, 4.69) is 6.58 Å². The van der Waals surface area contributed by atoms with Crippen molar-refractivity contribution >= 4 is 5.97 Å². The highest BCUT2D eigenvalue weighted by atomic mass is 16.7. The van der Waals surface area contributed by atoms with E-state index in [1.807, 2.05) is 0 Å². The third kappa shape index (κ3) is 5.11. The molecule has 1 rings (SSSR count). The number of methoxy groups -OCH3 is 2. The van der Waals surface area contributed by atoms with E-state index in [1.54, 1.807) is 31.4 Å². The Morgan fingerprint density at radius 1 is 1.32 bits per heavy atom. The summed E-state index contributed by atoms with van der Waals surface area (Å²) in [6.07, 6.45) is 1.63. The summed E-state index contributed by atoms with van der Waals surface area (Å²) >= 11 is 0. The van der Waals surface area contributed by atoms with Crippen LogP contribution in [0.3, 0.4) is 0 Å². The van der Waals surface area contributed by atoms with Crippen LogP contribution in [0.4, 0.5) is 0 Å². The molecule has 0 fully saturated rings. The molecular formula is C14H18O5. The van der Waals surface area contributed by atoms with Crippen LogP contribution in [0.15, 0.2) is 30.9 Å². The number of hydrogen-bond acceptors (Lipinski definition) is 5. The Hall–Kier alpha value is -1.85. The maximum atomic E-state index is 11.6. The Kier molecular flexibility index (Phi) is 6.63. The van der Waals surface area contributed by atoms with Crippen LogP contribution >= 0.6 is 0 Å². The Bertz CT molecular complexity index is 428. The number of benzene rings is 1. The third-order valence-electron chi connectivity index (χ3n) is 2.23. The molecule has 0 saturated carbocycles. The van der Waals surface area contributed by atoms with Gasteiger partial charge in [0.2, 0.25) is 0 Å². The Morgan fingerprint density at radius 2 is 2.11 bits per heavy atom. The van der Waals surface area contributed by atoms with Crippen molar-refractivity contribution in [3.05, 3.63) is 42.0 Å². The van der Waals surface area contributed by atoms with Crippen LogP contribution < -0.4 is 4.74 Å². The third-order valence-corrected chi connectivity index (χ3v) is 2.23. The van der Waals surface area contributed by atoms with Gasteiger partial charge in [-0.3, -0.25) is 0 Å². The Morgan fingerprint density at radius 3 is 2.74 bits per heavy atom. The number of rotatable bonds is 8. The minimum absolute atomic E-state index is 0.186. The molecule has 0 aliphatic heterocycles. The molecule has 0 heterocycles. The van der Waals surface area contributed by atoms with Gasteiger partial charge < -0.3 is 18.9 Å². The zero-order chi connectivity index (χ0) is 14.1. The van der Waals surface area contributed by atoms with Gasteiger partial charge in [0.05, 0.1) is 19.3 Å². The molecule has 5 nitrogen and oxygen atoms in total. The van der Waals surface area contributed by atoms with Crippen molar-refractivity contribution in [2.75, 3.05) is 27.6 Å². The average Bonchev–Trinajstić information content (AvgIpc) is 2.44. The summed E-state index contributed by atoms with van der Waals surface area (Å²) in [6.45, 7) is 4.45. The lowest BCUT2D eigenvalue weighted by Gasteiger charge is -2.09. The van der Waals surface area contributed by atoms with Gasteiger partial charge in [0, 0.05) is 7.11 Å². The molecule has 0 radical (unpaired) electrons. The van der Waals surface area contributed by atoms with Gasteiger partial charge in [-0.1, -0.05) is 12.7 Å². The van der Waals surface area contributed by atoms with Crippen LogP contribution in [0.25, 0.3) is 0 Å². The van der Waals surface area contributed by atoms with Crippen molar-refractivity contribution in [2.24, 2.45) is 0 Å². The van der Waals surface area contributed by atoms with Gasteiger partial charge in [-0.25, -0.2) is 4.79 Å². The van der Waals surface area contributed by atoms with E-state index >= 15 is 0 Å². The van der Waals surface area contributed by atoms with Gasteiger partial charge in [0.25, 0.3) is 0 Å². The second-order valence-corrected chi connectivity index (χ2v) is 3.71. The molecular weight excluding hydrogens is 248 g/mol. The van der Waals surface area contributed by atoms with Crippen LogP contribution in [-0.2, 0) is 20.8 Å². The lowest BCUT2D eigenvalue weighted by Crippen LogP contribution is -2.05. The summed E-state index contributed by atoms with van der Waals surface area (Å²) in [6, 6.07) is 5.11. The lowest BCUT2D eigenvalue weighted by atomic mass is 10.1. The highest BCUT2D eigenvalue weighted by molar-refractivity contribution is 5.90. The van der Waals surface area contributed by atoms with E-state index in [-0.39, 0.29) is 6.79 Å². The number of esters is 1. The van der Waals surface area contributed by atoms with E-state index in [1.165, 1.54) is 7.11 Å². The second-order valence-electron chi connectivity index (χ2n) is 3.71. The zero-order valence-corrected chi connectivity index (χ0v) is 11.2. The van der Waals surface area contributed by atoms with Crippen LogP contribution in [0.5, 0.6) is 5.75 Å². The van der Waals surface area contributed by atoms with Gasteiger partial charge in [-0.05, 0) is 23.8 Å². The number of hydrogen-bond donors (Lipinski definition) is 0. The summed E-state index contributed by atoms with van der Waals surface area (Å²) < 4.78 is 20.2. The number of carbonyl (C=O) groups excluding carboxylic acids is 1. The SMILES string of the molecule is C=CCOc1cc(COCOC)cc(C(=O)OC)c1. The number of carbonyl (C=O) groups is 1. The van der Waals surface area contributed by atoms with Crippen molar-refractivity contribution in [1.29, 1.82) is 0 Å². The van der Waals surface area contributed by atoms with Gasteiger partial charge >= 0.3 is 5.97 Å². The van der Waals surface area contributed by atoms with Crippen LogP contribution in [0.2, 0.25) is 0 Å². The predicted molar refractivity (Wildman–Crippen MR) is 70.1 cm³/mol. The molecule has 0 atom stereocenters. The summed E-state index contributed by atoms with van der Waals surface area (Å²) in [5.74, 6) is 0.149. The Labute approximate surface area is 112 Å². The Balaban J connectivity index is 2.88. The predicted octanol–water partition coefficient (Wildman–Crippen LogP) is 2.16. The molecule has 0 bridgehead atoms. The topological polar surface area (TPSA) is 54.0 Å². The molecule has 0 spiro atoms. The normalized spacial score (nSPS) is 10.0. The fourth-order valence-corrected chi connectivity index (χ4v) is 1.46. The highest BCUT2D eigenvalue weighted by Gasteiger charge is 2.09. The standard InChI is InChI=1S/C14H18O5/c1-4-5-19-13-7-11(9-18-10-16-2)6-12(8-13)14(15)17-3/h4,6-8H,1,5,9-10H2,2-3H3. The minimum Gasteiger partial charge on any atom is -0.490 e. The first-order valence-electron chi connectivity index (χ1n) is 5.74. The van der Waals surface area contributed by atoms with Gasteiger partial charge in [0.15, 0.2) is 0 Å². The van der Waals surface area contributed by atoms with E-state index in [4.69, 9.17) is 18.9 Å². The molecule has 0 aliphatic carbocycles. The van der Waals surface area contributed by atoms with Crippen molar-refractivity contribution < 1.29 is 23.7 Å². The van der Waals surface area contributed by atoms with Crippen LogP contribution in [-0.4, -0.2) is 33.6 Å². The van der Waals surface area contributed by atoms with E-state index in [9.17, 15) is 4.79 Å². The first-order chi connectivity index (χ1) is 9.21. The summed E-state index contributed by atoms with van der Waals surface area (Å²) in [5.41, 5.74) is 1.22. The van der Waals surface area contributed by atoms with Crippen molar-refractivity contribution in [1.82, 2.24) is 0 Å². The minimum atomic E-state index is -0.419. The fraction of sp³-hybridized carbons (Fsp3) is 0.357. The van der Waals surface area contributed by atoms with Gasteiger partial charge in [0.1, 0.15) is 19.1 Å². The molecule has 104 valence electrons. The molecule has 19 heavy (non-hydrogen) atoms. The fourth-order valence-electron chi connectivity index (χ4n) is 1.46. The van der Waals surface area contributed by atoms with Crippen molar-refractivity contribution in [2.45, 2.75) is 6.61 Å². The first kappa shape index (κ1) is 15.2. The van der Waals surface area contributed by atoms with Gasteiger partial charge in [-0.2, -0.15) is 0 Å². The van der Waals surface area contributed by atoms with Crippen molar-refractivity contribution in [3.63, 3.8) is 0 Å². The molecule has 1 aromatic carbocycles. The first-order valence-corrected chi connectivity index (χ1v) is 5.74. The maximum Gasteiger partial charge on any atom is 0.337 e. The average molecular weight is 266 g/mol. The summed E-state index contributed by atoms with van der Waals surface area (Å²) in [4.78, 5) is 11.6. The maximum absolute atomic E-state index is 11.6. The van der Waals surface area contributed by atoms with E-state index in [0.717, 1.165) is 5.56 Å². The molecule has 0 aromatic heterocycles. The van der Waals surface area contributed by atoms with Crippen molar-refractivity contribution in [3.8, 4) is 5.75 Å². The summed E-state index contributed by atoms with van der Waals surface area (Å²) in [5, 5.41) is 0. The molecule has 1 aromatic rings. The van der Waals surface area contributed by atoms with Gasteiger partial charge in [-0.15, -0.1) is 0 Å². The van der Waals surface area contributed by atoms with E-state index in [0.29, 0.717) is 24.5 Å². The number of ether oxygens (including phenoxy) is 4. The monoisotopic (exact) mass is 266 g/mol. The molecule has 0 aliphatic rings. The molecule has 0 saturated heterocycles. The molecule has 0 amide bonds. The quantitative estimate of drug-likeness (QED) is 0.312. The van der Waals surface area contributed by atoms with E-state index < -0.39 is 5.97 Å². The smallest absolute Gasteiger partial charge is 0.337 e. The highest BCUT2D eigenvalue weighted by Crippen LogP contribution is 2.19. The lowest BCUT2D eigenvalue weighted by molar-refractivity contribution is -0.0391. The zero-order valence-electron chi connectivity index (χ0n) is 11.2. The van der Waals surface area contributed by atoms with Crippen LogP contribution in [0, 0.1) is 0 Å². The molecule has 0 N–H and O–H groups in total.